The molecule has 0 aliphatic carbocycles. The highest BCUT2D eigenvalue weighted by Gasteiger charge is 2.29. The fourth-order valence-corrected chi connectivity index (χ4v) is 4.16. The number of aryl methyl sites for hydroxylation is 1. The molecule has 0 atom stereocenters. The summed E-state index contributed by atoms with van der Waals surface area (Å²) >= 11 is 0. The molecule has 0 amide bonds. The number of hydrogen-bond donors (Lipinski definition) is 2. The van der Waals surface area contributed by atoms with Crippen LogP contribution in [0.5, 0.6) is 0 Å². The first-order valence-electron chi connectivity index (χ1n) is 7.67. The lowest BCUT2D eigenvalue weighted by Crippen LogP contribution is -2.43. The Bertz CT molecular complexity index is 679. The van der Waals surface area contributed by atoms with Crippen molar-refractivity contribution in [3.63, 3.8) is 0 Å². The first kappa shape index (κ1) is 17.9. The molecule has 6 nitrogen and oxygen atoms in total. The molecule has 0 spiro atoms. The third-order valence-electron chi connectivity index (χ3n) is 4.40. The van der Waals surface area contributed by atoms with Crippen LogP contribution in [0.1, 0.15) is 35.7 Å². The summed E-state index contributed by atoms with van der Waals surface area (Å²) in [5, 5.41) is 3.28. The number of sulfonamides is 1. The predicted octanol–water partition coefficient (Wildman–Crippen LogP) is 1.45. The quantitative estimate of drug-likeness (QED) is 0.793. The number of benzene rings is 1. The van der Waals surface area contributed by atoms with Gasteiger partial charge in [0, 0.05) is 6.54 Å². The van der Waals surface area contributed by atoms with Gasteiger partial charge in [-0.15, -0.1) is 0 Å². The van der Waals surface area contributed by atoms with Crippen LogP contribution in [0.25, 0.3) is 0 Å². The molecule has 7 heteroatoms. The van der Waals surface area contributed by atoms with Gasteiger partial charge in [-0.25, -0.2) is 17.9 Å². The molecule has 0 unspecified atom stereocenters. The summed E-state index contributed by atoms with van der Waals surface area (Å²) in [6.07, 6.45) is 1.85. The molecule has 2 N–H and O–H groups in total. The van der Waals surface area contributed by atoms with E-state index in [9.17, 15) is 13.2 Å². The minimum atomic E-state index is -3.67. The summed E-state index contributed by atoms with van der Waals surface area (Å²) in [4.78, 5) is 11.7. The molecule has 23 heavy (non-hydrogen) atoms. The number of carbonyl (C=O) groups excluding carboxylic acids is 1. The van der Waals surface area contributed by atoms with Crippen molar-refractivity contribution in [2.75, 3.05) is 26.7 Å². The lowest BCUT2D eigenvalue weighted by atomic mass is 9.81. The summed E-state index contributed by atoms with van der Waals surface area (Å²) < 4.78 is 32.6. The zero-order valence-corrected chi connectivity index (χ0v) is 14.6. The molecule has 0 aromatic heterocycles. The van der Waals surface area contributed by atoms with Gasteiger partial charge in [-0.2, -0.15) is 0 Å². The van der Waals surface area contributed by atoms with Gasteiger partial charge in [0.05, 0.1) is 17.6 Å². The number of methoxy groups -OCH3 is 1. The van der Waals surface area contributed by atoms with Crippen molar-refractivity contribution in [3.8, 4) is 0 Å². The first-order valence-corrected chi connectivity index (χ1v) is 9.15. The highest BCUT2D eigenvalue weighted by Crippen LogP contribution is 2.27. The van der Waals surface area contributed by atoms with E-state index >= 15 is 0 Å². The molecule has 1 aliphatic rings. The minimum absolute atomic E-state index is 0.0494. The predicted molar refractivity (Wildman–Crippen MR) is 87.9 cm³/mol. The average molecular weight is 340 g/mol. The number of ether oxygens (including phenoxy) is 1. The van der Waals surface area contributed by atoms with Crippen LogP contribution in [0.2, 0.25) is 0 Å². The average Bonchev–Trinajstić information content (AvgIpc) is 2.53. The number of rotatable bonds is 5. The van der Waals surface area contributed by atoms with E-state index < -0.39 is 16.0 Å². The topological polar surface area (TPSA) is 84.5 Å². The van der Waals surface area contributed by atoms with Gasteiger partial charge in [0.1, 0.15) is 0 Å². The standard InChI is InChI=1S/C16H24N2O4S/c1-12-4-5-13(15(19)22-3)10-14(12)23(20,21)18-11-16(2)6-8-17-9-7-16/h4-5,10,17-18H,6-9,11H2,1-3H3. The van der Waals surface area contributed by atoms with Gasteiger partial charge in [0.25, 0.3) is 0 Å². The Balaban J connectivity index is 2.20. The van der Waals surface area contributed by atoms with Crippen LogP contribution in [0.4, 0.5) is 0 Å². The van der Waals surface area contributed by atoms with Crippen molar-refractivity contribution in [2.45, 2.75) is 31.6 Å². The molecular formula is C16H24N2O4S. The van der Waals surface area contributed by atoms with Crippen molar-refractivity contribution in [2.24, 2.45) is 5.41 Å². The van der Waals surface area contributed by atoms with Gasteiger partial charge in [0.15, 0.2) is 0 Å². The lowest BCUT2D eigenvalue weighted by Gasteiger charge is -2.34. The zero-order valence-electron chi connectivity index (χ0n) is 13.8. The molecule has 1 heterocycles. The number of hydrogen-bond acceptors (Lipinski definition) is 5. The summed E-state index contributed by atoms with van der Waals surface area (Å²) in [5.41, 5.74) is 0.777. The molecule has 1 aliphatic heterocycles. The second-order valence-corrected chi connectivity index (χ2v) is 8.09. The molecule has 1 aromatic rings. The van der Waals surface area contributed by atoms with Crippen molar-refractivity contribution in [3.05, 3.63) is 29.3 Å². The van der Waals surface area contributed by atoms with E-state index in [2.05, 4.69) is 21.7 Å². The lowest BCUT2D eigenvalue weighted by molar-refractivity contribution is 0.0600. The Hall–Kier alpha value is -1.44. The van der Waals surface area contributed by atoms with Crippen LogP contribution in [0.15, 0.2) is 23.1 Å². The summed E-state index contributed by atoms with van der Waals surface area (Å²) in [6, 6.07) is 4.55. The Morgan fingerprint density at radius 1 is 1.35 bits per heavy atom. The van der Waals surface area contributed by atoms with Gasteiger partial charge in [0.2, 0.25) is 10.0 Å². The molecule has 1 aromatic carbocycles. The Kier molecular flexibility index (Phi) is 5.44. The van der Waals surface area contributed by atoms with Gasteiger partial charge in [-0.1, -0.05) is 13.0 Å². The van der Waals surface area contributed by atoms with E-state index in [1.165, 1.54) is 13.2 Å². The zero-order chi connectivity index (χ0) is 17.1. The number of piperidine rings is 1. The monoisotopic (exact) mass is 340 g/mol. The molecule has 128 valence electrons. The van der Waals surface area contributed by atoms with Crippen LogP contribution in [0, 0.1) is 12.3 Å². The van der Waals surface area contributed by atoms with Crippen molar-refractivity contribution < 1.29 is 17.9 Å². The van der Waals surface area contributed by atoms with E-state index in [-0.39, 0.29) is 15.9 Å². The molecular weight excluding hydrogens is 316 g/mol. The molecule has 0 bridgehead atoms. The summed E-state index contributed by atoms with van der Waals surface area (Å²) in [7, 11) is -2.40. The highest BCUT2D eigenvalue weighted by atomic mass is 32.2. The SMILES string of the molecule is COC(=O)c1ccc(C)c(S(=O)(=O)NCC2(C)CCNCC2)c1. The van der Waals surface area contributed by atoms with Crippen molar-refractivity contribution in [1.29, 1.82) is 0 Å². The summed E-state index contributed by atoms with van der Waals surface area (Å²) in [6.45, 7) is 5.99. The Labute approximate surface area is 137 Å². The van der Waals surface area contributed by atoms with E-state index in [1.807, 2.05) is 0 Å². The molecule has 1 fully saturated rings. The number of nitrogens with one attached hydrogen (secondary N) is 2. The largest absolute Gasteiger partial charge is 0.465 e. The Morgan fingerprint density at radius 2 is 2.00 bits per heavy atom. The molecule has 0 saturated carbocycles. The third-order valence-corrected chi connectivity index (χ3v) is 5.94. The van der Waals surface area contributed by atoms with Gasteiger partial charge in [-0.05, 0) is 56.0 Å². The Morgan fingerprint density at radius 3 is 2.61 bits per heavy atom. The first-order chi connectivity index (χ1) is 10.8. The van der Waals surface area contributed by atoms with Crippen LogP contribution in [-0.2, 0) is 14.8 Å². The van der Waals surface area contributed by atoms with Crippen LogP contribution in [-0.4, -0.2) is 41.1 Å². The van der Waals surface area contributed by atoms with Crippen LogP contribution in [0.3, 0.4) is 0 Å². The van der Waals surface area contributed by atoms with Gasteiger partial charge in [-0.3, -0.25) is 0 Å². The van der Waals surface area contributed by atoms with Gasteiger partial charge >= 0.3 is 5.97 Å². The minimum Gasteiger partial charge on any atom is -0.465 e. The second kappa shape index (κ2) is 6.98. The third kappa shape index (κ3) is 4.31. The summed E-state index contributed by atoms with van der Waals surface area (Å²) in [5.74, 6) is -0.549. The van der Waals surface area contributed by atoms with Crippen molar-refractivity contribution >= 4 is 16.0 Å². The smallest absolute Gasteiger partial charge is 0.337 e. The number of esters is 1. The van der Waals surface area contributed by atoms with E-state index in [4.69, 9.17) is 0 Å². The highest BCUT2D eigenvalue weighted by molar-refractivity contribution is 7.89. The second-order valence-electron chi connectivity index (χ2n) is 6.36. The maximum atomic E-state index is 12.6. The number of carbonyl (C=O) groups is 1. The van der Waals surface area contributed by atoms with Crippen LogP contribution < -0.4 is 10.0 Å². The fourth-order valence-electron chi connectivity index (χ4n) is 2.69. The van der Waals surface area contributed by atoms with E-state index in [0.717, 1.165) is 25.9 Å². The van der Waals surface area contributed by atoms with Crippen LogP contribution >= 0.6 is 0 Å². The normalized spacial score (nSPS) is 17.7. The maximum Gasteiger partial charge on any atom is 0.337 e. The molecule has 1 saturated heterocycles. The molecule has 0 radical (unpaired) electrons. The van der Waals surface area contributed by atoms with Crippen molar-refractivity contribution in [1.82, 2.24) is 10.0 Å². The van der Waals surface area contributed by atoms with E-state index in [0.29, 0.717) is 12.1 Å². The van der Waals surface area contributed by atoms with E-state index in [1.54, 1.807) is 19.1 Å². The fraction of sp³-hybridized carbons (Fsp3) is 0.562. The van der Waals surface area contributed by atoms with Gasteiger partial charge < -0.3 is 10.1 Å². The maximum absolute atomic E-state index is 12.6. The molecule has 2 rings (SSSR count).